The lowest BCUT2D eigenvalue weighted by atomic mass is 10.0. The van der Waals surface area contributed by atoms with E-state index in [9.17, 15) is 28.1 Å². The van der Waals surface area contributed by atoms with Crippen LogP contribution in [0.15, 0.2) is 12.1 Å². The van der Waals surface area contributed by atoms with Gasteiger partial charge in [0.15, 0.2) is 0 Å². The lowest BCUT2D eigenvalue weighted by Gasteiger charge is -2.20. The molecule has 0 aromatic heterocycles. The molecule has 1 aliphatic rings. The molecule has 13 nitrogen and oxygen atoms in total. The zero-order chi connectivity index (χ0) is 22.9. The Morgan fingerprint density at radius 1 is 1.13 bits per heavy atom. The summed E-state index contributed by atoms with van der Waals surface area (Å²) in [7, 11) is -15.2. The molecule has 1 aliphatic heterocycles. The van der Waals surface area contributed by atoms with Crippen molar-refractivity contribution >= 4 is 23.5 Å². The second-order valence-corrected chi connectivity index (χ2v) is 10.6. The van der Waals surface area contributed by atoms with E-state index in [0.29, 0.717) is 11.3 Å². The van der Waals surface area contributed by atoms with Crippen LogP contribution in [0.3, 0.4) is 0 Å². The van der Waals surface area contributed by atoms with Gasteiger partial charge in [0.05, 0.1) is 25.9 Å². The van der Waals surface area contributed by atoms with Crippen molar-refractivity contribution in [2.24, 2.45) is 0 Å². The van der Waals surface area contributed by atoms with E-state index in [2.05, 4.69) is 13.1 Å². The van der Waals surface area contributed by atoms with Crippen LogP contribution in [0.5, 0.6) is 5.75 Å². The van der Waals surface area contributed by atoms with E-state index in [1.165, 1.54) is 20.1 Å². The fourth-order valence-corrected chi connectivity index (χ4v) is 5.68. The molecule has 1 aromatic rings. The van der Waals surface area contributed by atoms with Crippen LogP contribution in [0.1, 0.15) is 23.7 Å². The van der Waals surface area contributed by atoms with Crippen molar-refractivity contribution in [3.8, 4) is 5.75 Å². The highest BCUT2D eigenvalue weighted by Gasteiger charge is 2.43. The van der Waals surface area contributed by atoms with Crippen LogP contribution < -0.4 is 4.74 Å². The van der Waals surface area contributed by atoms with Crippen molar-refractivity contribution in [2.45, 2.75) is 31.7 Å². The van der Waals surface area contributed by atoms with Crippen LogP contribution in [-0.4, -0.2) is 50.6 Å². The van der Waals surface area contributed by atoms with E-state index >= 15 is 0 Å². The molecule has 0 amide bonds. The molecule has 1 heterocycles. The molecular formula is C13H20FO13P3. The first kappa shape index (κ1) is 25.5. The van der Waals surface area contributed by atoms with Gasteiger partial charge in [-0.3, -0.25) is 4.52 Å². The van der Waals surface area contributed by atoms with E-state index in [0.717, 1.165) is 6.07 Å². The highest BCUT2D eigenvalue weighted by atomic mass is 31.3. The first-order valence-corrected chi connectivity index (χ1v) is 12.6. The average Bonchev–Trinajstić information content (AvgIpc) is 2.92. The van der Waals surface area contributed by atoms with Crippen LogP contribution in [-0.2, 0) is 31.6 Å². The Kier molecular flexibility index (Phi) is 8.02. The predicted molar refractivity (Wildman–Crippen MR) is 95.7 cm³/mol. The van der Waals surface area contributed by atoms with E-state index < -0.39 is 54.2 Å². The third-order valence-electron chi connectivity index (χ3n) is 3.90. The topological polar surface area (TPSA) is 199 Å². The SMILES string of the molecule is COc1cc(C)c(F)cc1[C@H]1C[C@@H](O)[C@@H](COP(=O)(O)OP(=O)(O)OP(=O)(O)O)O1. The third kappa shape index (κ3) is 7.16. The lowest BCUT2D eigenvalue weighted by Crippen LogP contribution is -2.26. The highest BCUT2D eigenvalue weighted by Crippen LogP contribution is 2.66. The first-order chi connectivity index (χ1) is 13.6. The molecule has 1 fully saturated rings. The van der Waals surface area contributed by atoms with Gasteiger partial charge in [-0.15, -0.1) is 0 Å². The maximum atomic E-state index is 13.9. The van der Waals surface area contributed by atoms with E-state index in [4.69, 9.17) is 24.2 Å². The minimum absolute atomic E-state index is 0.0523. The third-order valence-corrected chi connectivity index (χ3v) is 7.70. The van der Waals surface area contributed by atoms with E-state index in [-0.39, 0.29) is 12.0 Å². The fourth-order valence-electron chi connectivity index (χ4n) is 2.65. The number of phosphoric ester groups is 1. The number of benzene rings is 1. The summed E-state index contributed by atoms with van der Waals surface area (Å²) >= 11 is 0. The molecule has 0 aliphatic carbocycles. The van der Waals surface area contributed by atoms with Crippen molar-refractivity contribution in [2.75, 3.05) is 13.7 Å². The second kappa shape index (κ2) is 9.41. The number of rotatable bonds is 9. The number of halogens is 1. The van der Waals surface area contributed by atoms with Gasteiger partial charge in [0.25, 0.3) is 0 Å². The van der Waals surface area contributed by atoms with Crippen molar-refractivity contribution in [3.63, 3.8) is 0 Å². The number of aryl methyl sites for hydroxylation is 1. The zero-order valence-electron chi connectivity index (χ0n) is 15.5. The molecule has 1 saturated heterocycles. The monoisotopic (exact) mass is 496 g/mol. The standard InChI is InChI=1S/C13H20FO13P3/c1-7-3-11(23-2)8(4-9(7)14)12-5-10(15)13(25-12)6-24-29(19,20)27-30(21,22)26-28(16,17)18/h3-4,10,12-13,15H,5-6H2,1-2H3,(H,19,20)(H,21,22)(H2,16,17,18)/t10-,12-,13-/m1/s1. The van der Waals surface area contributed by atoms with Gasteiger partial charge in [-0.2, -0.15) is 8.62 Å². The number of methoxy groups -OCH3 is 1. The number of phosphoric acid groups is 3. The van der Waals surface area contributed by atoms with Gasteiger partial charge < -0.3 is 34.2 Å². The summed E-state index contributed by atoms with van der Waals surface area (Å²) in [5.74, 6) is -0.250. The zero-order valence-corrected chi connectivity index (χ0v) is 18.2. The van der Waals surface area contributed by atoms with Crippen molar-refractivity contribution in [3.05, 3.63) is 29.1 Å². The maximum Gasteiger partial charge on any atom is 0.490 e. The van der Waals surface area contributed by atoms with E-state index in [1.807, 2.05) is 0 Å². The molecule has 2 rings (SSSR count). The minimum Gasteiger partial charge on any atom is -0.496 e. The average molecular weight is 496 g/mol. The molecule has 0 saturated carbocycles. The van der Waals surface area contributed by atoms with Gasteiger partial charge in [-0.25, -0.2) is 18.1 Å². The molecule has 0 radical (unpaired) electrons. The van der Waals surface area contributed by atoms with Crippen molar-refractivity contribution in [1.29, 1.82) is 0 Å². The molecule has 1 aromatic carbocycles. The summed E-state index contributed by atoms with van der Waals surface area (Å²) < 4.78 is 69.9. The fraction of sp³-hybridized carbons (Fsp3) is 0.538. The molecular weight excluding hydrogens is 476 g/mol. The smallest absolute Gasteiger partial charge is 0.490 e. The second-order valence-electron chi connectivity index (χ2n) is 6.20. The first-order valence-electron chi connectivity index (χ1n) is 8.08. The molecule has 2 unspecified atom stereocenters. The van der Waals surface area contributed by atoms with Crippen molar-refractivity contribution in [1.82, 2.24) is 0 Å². The molecule has 172 valence electrons. The summed E-state index contributed by atoms with van der Waals surface area (Å²) in [6.45, 7) is 0.704. The Hall–Kier alpha value is -0.720. The summed E-state index contributed by atoms with van der Waals surface area (Å²) in [4.78, 5) is 35.5. The van der Waals surface area contributed by atoms with Crippen LogP contribution in [0, 0.1) is 12.7 Å². The molecule has 5 atom stereocenters. The van der Waals surface area contributed by atoms with Gasteiger partial charge in [0, 0.05) is 12.0 Å². The van der Waals surface area contributed by atoms with Gasteiger partial charge in [0.2, 0.25) is 0 Å². The van der Waals surface area contributed by atoms with Gasteiger partial charge in [-0.05, 0) is 24.6 Å². The molecule has 30 heavy (non-hydrogen) atoms. The number of ether oxygens (including phenoxy) is 2. The number of hydrogen-bond acceptors (Lipinski definition) is 9. The normalized spacial score (nSPS) is 26.2. The summed E-state index contributed by atoms with van der Waals surface area (Å²) in [6.07, 6.45) is -3.38. The Morgan fingerprint density at radius 2 is 1.77 bits per heavy atom. The predicted octanol–water partition coefficient (Wildman–Crippen LogP) is 1.68. The molecule has 0 bridgehead atoms. The quantitative estimate of drug-likeness (QED) is 0.310. The number of aliphatic hydroxyl groups is 1. The Labute approximate surface area is 169 Å². The Morgan fingerprint density at radius 3 is 2.33 bits per heavy atom. The maximum absolute atomic E-state index is 13.9. The van der Waals surface area contributed by atoms with Crippen LogP contribution >= 0.6 is 23.5 Å². The number of aliphatic hydroxyl groups excluding tert-OH is 1. The molecule has 5 N–H and O–H groups in total. The van der Waals surface area contributed by atoms with Crippen molar-refractivity contribution < 1.29 is 65.4 Å². The summed E-state index contributed by atoms with van der Waals surface area (Å²) in [6, 6.07) is 2.59. The van der Waals surface area contributed by atoms with Crippen LogP contribution in [0.4, 0.5) is 4.39 Å². The summed E-state index contributed by atoms with van der Waals surface area (Å²) in [5, 5.41) is 10.1. The lowest BCUT2D eigenvalue weighted by molar-refractivity contribution is -0.0226. The highest BCUT2D eigenvalue weighted by molar-refractivity contribution is 7.66. The van der Waals surface area contributed by atoms with Gasteiger partial charge in [-0.1, -0.05) is 0 Å². The van der Waals surface area contributed by atoms with E-state index in [1.54, 1.807) is 0 Å². The summed E-state index contributed by atoms with van der Waals surface area (Å²) in [5.41, 5.74) is 0.596. The molecule has 0 spiro atoms. The Bertz CT molecular complexity index is 918. The Balaban J connectivity index is 2.04. The largest absolute Gasteiger partial charge is 0.496 e. The van der Waals surface area contributed by atoms with Crippen LogP contribution in [0.25, 0.3) is 0 Å². The number of hydrogen-bond donors (Lipinski definition) is 5. The van der Waals surface area contributed by atoms with Crippen LogP contribution in [0.2, 0.25) is 0 Å². The van der Waals surface area contributed by atoms with Gasteiger partial charge in [0.1, 0.15) is 17.7 Å². The minimum atomic E-state index is -5.66. The van der Waals surface area contributed by atoms with Gasteiger partial charge >= 0.3 is 23.5 Å². The molecule has 17 heteroatoms.